The first-order chi connectivity index (χ1) is 7.23. The molecule has 0 fully saturated rings. The van der Waals surface area contributed by atoms with E-state index in [-0.39, 0.29) is 12.0 Å². The summed E-state index contributed by atoms with van der Waals surface area (Å²) in [6, 6.07) is 10.2. The first-order valence-corrected chi connectivity index (χ1v) is 5.50. The van der Waals surface area contributed by atoms with E-state index < -0.39 is 0 Å². The minimum atomic E-state index is -0.107. The van der Waals surface area contributed by atoms with Crippen LogP contribution in [-0.2, 0) is 5.41 Å². The topological polar surface area (TPSA) is 20.2 Å². The largest absolute Gasteiger partial charge is 0.395 e. The molecule has 1 nitrogen and oxygen atoms in total. The van der Waals surface area contributed by atoms with Crippen LogP contribution in [0.1, 0.15) is 31.7 Å². The van der Waals surface area contributed by atoms with E-state index in [0.29, 0.717) is 0 Å². The number of aliphatic hydroxyl groups excluding tert-OH is 1. The number of aliphatic hydroxyl groups is 1. The Morgan fingerprint density at radius 1 is 1.33 bits per heavy atom. The SMILES string of the molecule is C=CCCC[C@@](C)(CO)c1ccccc1. The maximum Gasteiger partial charge on any atom is 0.0525 e. The normalized spacial score (nSPS) is 14.5. The van der Waals surface area contributed by atoms with E-state index in [1.165, 1.54) is 5.56 Å². The molecule has 1 atom stereocenters. The van der Waals surface area contributed by atoms with Gasteiger partial charge in [-0.15, -0.1) is 6.58 Å². The van der Waals surface area contributed by atoms with E-state index in [9.17, 15) is 5.11 Å². The molecule has 0 aliphatic carbocycles. The molecule has 1 heteroatoms. The quantitative estimate of drug-likeness (QED) is 0.557. The Bertz CT molecular complexity index is 291. The maximum absolute atomic E-state index is 9.51. The molecule has 0 heterocycles. The molecular weight excluding hydrogens is 184 g/mol. The zero-order valence-electron chi connectivity index (χ0n) is 9.45. The molecule has 1 aromatic carbocycles. The van der Waals surface area contributed by atoms with Crippen LogP contribution in [0.3, 0.4) is 0 Å². The fourth-order valence-corrected chi connectivity index (χ4v) is 1.79. The second kappa shape index (κ2) is 5.72. The van der Waals surface area contributed by atoms with E-state index in [4.69, 9.17) is 0 Å². The molecule has 0 aliphatic heterocycles. The second-order valence-electron chi connectivity index (χ2n) is 4.27. The third-order valence-electron chi connectivity index (χ3n) is 2.96. The van der Waals surface area contributed by atoms with Crippen molar-refractivity contribution in [1.82, 2.24) is 0 Å². The summed E-state index contributed by atoms with van der Waals surface area (Å²) in [7, 11) is 0. The van der Waals surface area contributed by atoms with Gasteiger partial charge in [0.05, 0.1) is 6.61 Å². The molecule has 0 amide bonds. The van der Waals surface area contributed by atoms with E-state index >= 15 is 0 Å². The lowest BCUT2D eigenvalue weighted by atomic mass is 9.79. The van der Waals surface area contributed by atoms with Crippen molar-refractivity contribution < 1.29 is 5.11 Å². The second-order valence-corrected chi connectivity index (χ2v) is 4.27. The van der Waals surface area contributed by atoms with Crippen molar-refractivity contribution in [2.45, 2.75) is 31.6 Å². The summed E-state index contributed by atoms with van der Waals surface area (Å²) in [5.74, 6) is 0. The first kappa shape index (κ1) is 12.0. The average molecular weight is 204 g/mol. The fraction of sp³-hybridized carbons (Fsp3) is 0.429. The highest BCUT2D eigenvalue weighted by Gasteiger charge is 2.24. The summed E-state index contributed by atoms with van der Waals surface area (Å²) < 4.78 is 0. The van der Waals surface area contributed by atoms with Gasteiger partial charge in [0, 0.05) is 5.41 Å². The Kier molecular flexibility index (Phi) is 4.57. The number of allylic oxidation sites excluding steroid dienone is 1. The Balaban J connectivity index is 2.71. The van der Waals surface area contributed by atoms with Crippen LogP contribution in [-0.4, -0.2) is 11.7 Å². The number of unbranched alkanes of at least 4 members (excludes halogenated alkanes) is 1. The van der Waals surface area contributed by atoms with Crippen LogP contribution in [0.4, 0.5) is 0 Å². The van der Waals surface area contributed by atoms with Crippen LogP contribution in [0.2, 0.25) is 0 Å². The standard InChI is InChI=1S/C14H20O/c1-3-4-8-11-14(2,12-15)13-9-6-5-7-10-13/h3,5-7,9-10,15H,1,4,8,11-12H2,2H3/t14-/m0/s1. The Morgan fingerprint density at radius 2 is 2.00 bits per heavy atom. The third kappa shape index (κ3) is 3.21. The van der Waals surface area contributed by atoms with Gasteiger partial charge in [-0.25, -0.2) is 0 Å². The van der Waals surface area contributed by atoms with Crippen molar-refractivity contribution >= 4 is 0 Å². The molecule has 0 aromatic heterocycles. The van der Waals surface area contributed by atoms with Gasteiger partial charge in [-0.2, -0.15) is 0 Å². The van der Waals surface area contributed by atoms with Gasteiger partial charge in [0.25, 0.3) is 0 Å². The summed E-state index contributed by atoms with van der Waals surface area (Å²) in [5.41, 5.74) is 1.11. The molecule has 1 rings (SSSR count). The highest BCUT2D eigenvalue weighted by molar-refractivity contribution is 5.24. The predicted molar refractivity (Wildman–Crippen MR) is 64.9 cm³/mol. The Hall–Kier alpha value is -1.08. The van der Waals surface area contributed by atoms with Crippen molar-refractivity contribution in [3.8, 4) is 0 Å². The minimum Gasteiger partial charge on any atom is -0.395 e. The number of rotatable bonds is 6. The fourth-order valence-electron chi connectivity index (χ4n) is 1.79. The van der Waals surface area contributed by atoms with E-state index in [1.807, 2.05) is 24.3 Å². The van der Waals surface area contributed by atoms with Crippen LogP contribution < -0.4 is 0 Å². The van der Waals surface area contributed by atoms with Crippen molar-refractivity contribution in [2.24, 2.45) is 0 Å². The Labute approximate surface area is 92.5 Å². The molecule has 0 bridgehead atoms. The van der Waals surface area contributed by atoms with Crippen LogP contribution in [0.5, 0.6) is 0 Å². The van der Waals surface area contributed by atoms with Gasteiger partial charge < -0.3 is 5.11 Å². The maximum atomic E-state index is 9.51. The molecule has 1 N–H and O–H groups in total. The van der Waals surface area contributed by atoms with Gasteiger partial charge in [0.15, 0.2) is 0 Å². The molecule has 0 spiro atoms. The summed E-state index contributed by atoms with van der Waals surface area (Å²) in [6.45, 7) is 6.04. The molecule has 82 valence electrons. The zero-order chi connectivity index (χ0) is 11.1. The van der Waals surface area contributed by atoms with Crippen LogP contribution in [0.25, 0.3) is 0 Å². The highest BCUT2D eigenvalue weighted by atomic mass is 16.3. The third-order valence-corrected chi connectivity index (χ3v) is 2.96. The molecular formula is C14H20O. The molecule has 0 saturated heterocycles. The van der Waals surface area contributed by atoms with Crippen molar-refractivity contribution in [3.63, 3.8) is 0 Å². The molecule has 0 aliphatic rings. The van der Waals surface area contributed by atoms with Gasteiger partial charge in [-0.3, -0.25) is 0 Å². The molecule has 0 unspecified atom stereocenters. The van der Waals surface area contributed by atoms with Crippen LogP contribution >= 0.6 is 0 Å². The first-order valence-electron chi connectivity index (χ1n) is 5.50. The van der Waals surface area contributed by atoms with Crippen molar-refractivity contribution in [3.05, 3.63) is 48.6 Å². The monoisotopic (exact) mass is 204 g/mol. The lowest BCUT2D eigenvalue weighted by molar-refractivity contribution is 0.195. The molecule has 1 aromatic rings. The average Bonchev–Trinajstić information content (AvgIpc) is 2.30. The van der Waals surface area contributed by atoms with Gasteiger partial charge in [0.2, 0.25) is 0 Å². The van der Waals surface area contributed by atoms with E-state index in [0.717, 1.165) is 19.3 Å². The summed E-state index contributed by atoms with van der Waals surface area (Å²) in [5, 5.41) is 9.51. The van der Waals surface area contributed by atoms with Crippen molar-refractivity contribution in [1.29, 1.82) is 0 Å². The van der Waals surface area contributed by atoms with E-state index in [2.05, 4.69) is 25.6 Å². The van der Waals surface area contributed by atoms with Gasteiger partial charge in [-0.1, -0.05) is 43.3 Å². The summed E-state index contributed by atoms with van der Waals surface area (Å²) >= 11 is 0. The smallest absolute Gasteiger partial charge is 0.0525 e. The Morgan fingerprint density at radius 3 is 2.53 bits per heavy atom. The summed E-state index contributed by atoms with van der Waals surface area (Å²) in [4.78, 5) is 0. The number of hydrogen-bond acceptors (Lipinski definition) is 1. The molecule has 0 radical (unpaired) electrons. The number of benzene rings is 1. The van der Waals surface area contributed by atoms with Crippen LogP contribution in [0, 0.1) is 0 Å². The van der Waals surface area contributed by atoms with Gasteiger partial charge in [0.1, 0.15) is 0 Å². The van der Waals surface area contributed by atoms with Gasteiger partial charge >= 0.3 is 0 Å². The summed E-state index contributed by atoms with van der Waals surface area (Å²) in [6.07, 6.45) is 5.03. The van der Waals surface area contributed by atoms with Crippen molar-refractivity contribution in [2.75, 3.05) is 6.61 Å². The zero-order valence-corrected chi connectivity index (χ0v) is 9.45. The lowest BCUT2D eigenvalue weighted by Crippen LogP contribution is -2.26. The van der Waals surface area contributed by atoms with Crippen LogP contribution in [0.15, 0.2) is 43.0 Å². The van der Waals surface area contributed by atoms with E-state index in [1.54, 1.807) is 0 Å². The predicted octanol–water partition coefficient (Wildman–Crippen LogP) is 3.29. The highest BCUT2D eigenvalue weighted by Crippen LogP contribution is 2.28. The molecule has 15 heavy (non-hydrogen) atoms. The lowest BCUT2D eigenvalue weighted by Gasteiger charge is -2.27. The number of hydrogen-bond donors (Lipinski definition) is 1. The minimum absolute atomic E-state index is 0.107. The van der Waals surface area contributed by atoms with Gasteiger partial charge in [-0.05, 0) is 24.8 Å². The molecule has 0 saturated carbocycles.